The van der Waals surface area contributed by atoms with Gasteiger partial charge in [0.25, 0.3) is 0 Å². The van der Waals surface area contributed by atoms with Gasteiger partial charge in [-0.15, -0.1) is 12.4 Å². The summed E-state index contributed by atoms with van der Waals surface area (Å²) < 4.78 is 10.8. The Bertz CT molecular complexity index is 486. The molecule has 2 atom stereocenters. The number of nitrogens with one attached hydrogen (secondary N) is 1. The summed E-state index contributed by atoms with van der Waals surface area (Å²) in [5.74, 6) is 1.84. The lowest BCUT2D eigenvalue weighted by Gasteiger charge is -2.35. The van der Waals surface area contributed by atoms with Crippen molar-refractivity contribution in [2.75, 3.05) is 21.3 Å². The van der Waals surface area contributed by atoms with E-state index in [0.29, 0.717) is 6.04 Å². The van der Waals surface area contributed by atoms with E-state index in [4.69, 9.17) is 9.47 Å². The zero-order valence-electron chi connectivity index (χ0n) is 13.7. The van der Waals surface area contributed by atoms with Crippen LogP contribution in [0.15, 0.2) is 18.2 Å². The Labute approximate surface area is 139 Å². The SMILES string of the molecule is COc1ccc(OC)c(CN(C)C2CC3CCC(C2)N3)c1.Cl. The third-order valence-corrected chi connectivity index (χ3v) is 4.98. The van der Waals surface area contributed by atoms with E-state index in [-0.39, 0.29) is 12.4 Å². The Hall–Kier alpha value is -0.970. The molecule has 0 amide bonds. The molecule has 2 bridgehead atoms. The van der Waals surface area contributed by atoms with E-state index in [1.165, 1.54) is 31.2 Å². The molecule has 0 radical (unpaired) electrons. The first-order chi connectivity index (χ1) is 10.2. The van der Waals surface area contributed by atoms with Crippen molar-refractivity contribution in [2.45, 2.75) is 50.4 Å². The van der Waals surface area contributed by atoms with Crippen LogP contribution < -0.4 is 14.8 Å². The molecule has 22 heavy (non-hydrogen) atoms. The largest absolute Gasteiger partial charge is 0.497 e. The van der Waals surface area contributed by atoms with E-state index < -0.39 is 0 Å². The minimum Gasteiger partial charge on any atom is -0.497 e. The lowest BCUT2D eigenvalue weighted by molar-refractivity contribution is 0.164. The van der Waals surface area contributed by atoms with Crippen molar-refractivity contribution in [3.05, 3.63) is 23.8 Å². The van der Waals surface area contributed by atoms with E-state index in [1.54, 1.807) is 14.2 Å². The first kappa shape index (κ1) is 17.4. The van der Waals surface area contributed by atoms with Crippen LogP contribution >= 0.6 is 12.4 Å². The summed E-state index contributed by atoms with van der Waals surface area (Å²) in [6, 6.07) is 8.15. The van der Waals surface area contributed by atoms with Gasteiger partial charge in [0, 0.05) is 30.2 Å². The van der Waals surface area contributed by atoms with Gasteiger partial charge in [0.05, 0.1) is 14.2 Å². The number of ether oxygens (including phenoxy) is 2. The van der Waals surface area contributed by atoms with E-state index in [9.17, 15) is 0 Å². The summed E-state index contributed by atoms with van der Waals surface area (Å²) in [6.07, 6.45) is 5.22. The maximum Gasteiger partial charge on any atom is 0.123 e. The van der Waals surface area contributed by atoms with Crippen LogP contribution in [0, 0.1) is 0 Å². The molecule has 0 aliphatic carbocycles. The van der Waals surface area contributed by atoms with Gasteiger partial charge in [0.1, 0.15) is 11.5 Å². The highest BCUT2D eigenvalue weighted by Gasteiger charge is 2.35. The minimum absolute atomic E-state index is 0. The summed E-state index contributed by atoms with van der Waals surface area (Å²) in [7, 11) is 5.67. The molecule has 1 N–H and O–H groups in total. The number of benzene rings is 1. The summed E-state index contributed by atoms with van der Waals surface area (Å²) in [5, 5.41) is 3.71. The van der Waals surface area contributed by atoms with Gasteiger partial charge in [-0.25, -0.2) is 0 Å². The van der Waals surface area contributed by atoms with Crippen LogP contribution in [0.2, 0.25) is 0 Å². The highest BCUT2D eigenvalue weighted by Crippen LogP contribution is 2.31. The Morgan fingerprint density at radius 2 is 1.82 bits per heavy atom. The Morgan fingerprint density at radius 3 is 2.41 bits per heavy atom. The molecule has 1 aromatic carbocycles. The van der Waals surface area contributed by atoms with Gasteiger partial charge in [0.15, 0.2) is 0 Å². The molecular weight excluding hydrogens is 300 g/mol. The average Bonchev–Trinajstić information content (AvgIpc) is 2.85. The fourth-order valence-electron chi connectivity index (χ4n) is 3.79. The number of fused-ring (bicyclic) bond motifs is 2. The number of hydrogen-bond acceptors (Lipinski definition) is 4. The Balaban J connectivity index is 0.00000176. The lowest BCUT2D eigenvalue weighted by atomic mass is 9.98. The number of methoxy groups -OCH3 is 2. The van der Waals surface area contributed by atoms with Crippen molar-refractivity contribution in [3.8, 4) is 11.5 Å². The zero-order valence-corrected chi connectivity index (χ0v) is 14.5. The average molecular weight is 327 g/mol. The molecule has 2 heterocycles. The number of piperidine rings is 1. The van der Waals surface area contributed by atoms with Gasteiger partial charge in [-0.1, -0.05) is 0 Å². The fraction of sp³-hybridized carbons (Fsp3) is 0.647. The molecule has 2 saturated heterocycles. The topological polar surface area (TPSA) is 33.7 Å². The second-order valence-electron chi connectivity index (χ2n) is 6.36. The third kappa shape index (κ3) is 3.67. The van der Waals surface area contributed by atoms with Crippen molar-refractivity contribution in [1.29, 1.82) is 0 Å². The maximum atomic E-state index is 5.49. The smallest absolute Gasteiger partial charge is 0.123 e. The van der Waals surface area contributed by atoms with Crippen LogP contribution in [0.25, 0.3) is 0 Å². The van der Waals surface area contributed by atoms with E-state index >= 15 is 0 Å². The van der Waals surface area contributed by atoms with Gasteiger partial charge in [-0.2, -0.15) is 0 Å². The predicted molar refractivity (Wildman–Crippen MR) is 91.2 cm³/mol. The van der Waals surface area contributed by atoms with Gasteiger partial charge in [-0.3, -0.25) is 4.90 Å². The number of hydrogen-bond donors (Lipinski definition) is 1. The molecule has 124 valence electrons. The molecular formula is C17H27ClN2O2. The maximum absolute atomic E-state index is 5.49. The monoisotopic (exact) mass is 326 g/mol. The molecule has 2 aliphatic rings. The molecule has 0 spiro atoms. The number of nitrogens with zero attached hydrogens (tertiary/aromatic N) is 1. The highest BCUT2D eigenvalue weighted by molar-refractivity contribution is 5.85. The molecule has 3 rings (SSSR count). The van der Waals surface area contributed by atoms with Crippen LogP contribution in [-0.2, 0) is 6.54 Å². The molecule has 4 nitrogen and oxygen atoms in total. The zero-order chi connectivity index (χ0) is 14.8. The quantitative estimate of drug-likeness (QED) is 0.902. The van der Waals surface area contributed by atoms with Crippen LogP contribution in [0.3, 0.4) is 0 Å². The minimum atomic E-state index is 0. The Morgan fingerprint density at radius 1 is 1.14 bits per heavy atom. The van der Waals surface area contributed by atoms with Gasteiger partial charge in [0.2, 0.25) is 0 Å². The van der Waals surface area contributed by atoms with Crippen molar-refractivity contribution in [3.63, 3.8) is 0 Å². The van der Waals surface area contributed by atoms with Crippen molar-refractivity contribution < 1.29 is 9.47 Å². The predicted octanol–water partition coefficient (Wildman–Crippen LogP) is 2.84. The first-order valence-corrected chi connectivity index (χ1v) is 7.86. The standard InChI is InChI=1S/C17H26N2O2.ClH/c1-19(15-9-13-4-5-14(10-15)18-13)11-12-8-16(20-2)6-7-17(12)21-3;/h6-8,13-15,18H,4-5,9-11H2,1-3H3;1H. The lowest BCUT2D eigenvalue weighted by Crippen LogP contribution is -2.46. The van der Waals surface area contributed by atoms with Gasteiger partial charge < -0.3 is 14.8 Å². The first-order valence-electron chi connectivity index (χ1n) is 7.86. The van der Waals surface area contributed by atoms with E-state index in [2.05, 4.69) is 23.3 Å². The van der Waals surface area contributed by atoms with E-state index in [0.717, 1.165) is 30.1 Å². The third-order valence-electron chi connectivity index (χ3n) is 4.98. The van der Waals surface area contributed by atoms with Crippen LogP contribution in [-0.4, -0.2) is 44.3 Å². The summed E-state index contributed by atoms with van der Waals surface area (Å²) >= 11 is 0. The second kappa shape index (κ2) is 7.53. The van der Waals surface area contributed by atoms with Crippen molar-refractivity contribution >= 4 is 12.4 Å². The summed E-state index contributed by atoms with van der Waals surface area (Å²) in [5.41, 5.74) is 1.20. The second-order valence-corrected chi connectivity index (χ2v) is 6.36. The molecule has 0 saturated carbocycles. The summed E-state index contributed by atoms with van der Waals surface area (Å²) in [4.78, 5) is 2.48. The molecule has 1 aromatic rings. The number of rotatable bonds is 5. The van der Waals surface area contributed by atoms with Gasteiger partial charge in [-0.05, 0) is 50.9 Å². The normalized spacial score (nSPS) is 26.6. The van der Waals surface area contributed by atoms with Gasteiger partial charge >= 0.3 is 0 Å². The summed E-state index contributed by atoms with van der Waals surface area (Å²) in [6.45, 7) is 0.907. The van der Waals surface area contributed by atoms with Crippen LogP contribution in [0.4, 0.5) is 0 Å². The highest BCUT2D eigenvalue weighted by atomic mass is 35.5. The fourth-order valence-corrected chi connectivity index (χ4v) is 3.79. The molecule has 0 aromatic heterocycles. The van der Waals surface area contributed by atoms with Crippen LogP contribution in [0.1, 0.15) is 31.2 Å². The van der Waals surface area contributed by atoms with E-state index in [1.807, 2.05) is 12.1 Å². The van der Waals surface area contributed by atoms with Crippen LogP contribution in [0.5, 0.6) is 11.5 Å². The Kier molecular flexibility index (Phi) is 5.95. The van der Waals surface area contributed by atoms with Crippen molar-refractivity contribution in [1.82, 2.24) is 10.2 Å². The molecule has 2 unspecified atom stereocenters. The molecule has 2 aliphatic heterocycles. The molecule has 5 heteroatoms. The number of halogens is 1. The molecule has 2 fully saturated rings. The van der Waals surface area contributed by atoms with Crippen molar-refractivity contribution in [2.24, 2.45) is 0 Å².